The lowest BCUT2D eigenvalue weighted by Crippen LogP contribution is -2.24. The fraction of sp³-hybridized carbons (Fsp3) is 0.154. The number of para-hydroxylation sites is 1. The zero-order valence-electron chi connectivity index (χ0n) is 10.5. The van der Waals surface area contributed by atoms with Crippen LogP contribution in [0.2, 0.25) is 0 Å². The van der Waals surface area contributed by atoms with Gasteiger partial charge in [-0.15, -0.1) is 0 Å². The van der Waals surface area contributed by atoms with Gasteiger partial charge in [-0.05, 0) is 29.8 Å². The van der Waals surface area contributed by atoms with Crippen LogP contribution >= 0.6 is 0 Å². The number of hydrogen-bond donors (Lipinski definition) is 2. The quantitative estimate of drug-likeness (QED) is 0.871. The molecule has 0 amide bonds. The van der Waals surface area contributed by atoms with Crippen LogP contribution in [0.5, 0.6) is 0 Å². The Bertz CT molecular complexity index is 642. The van der Waals surface area contributed by atoms with Gasteiger partial charge in [0.2, 0.25) is 10.0 Å². The maximum absolute atomic E-state index is 12.2. The van der Waals surface area contributed by atoms with Crippen molar-refractivity contribution in [2.45, 2.75) is 11.4 Å². The Morgan fingerprint density at radius 2 is 1.79 bits per heavy atom. The molecule has 0 radical (unpaired) electrons. The van der Waals surface area contributed by atoms with Gasteiger partial charge in [0, 0.05) is 26.0 Å². The minimum Gasteiger partial charge on any atom is -0.387 e. The molecule has 0 aliphatic heterocycles. The smallest absolute Gasteiger partial charge is 0.242 e. The number of pyridine rings is 1. The van der Waals surface area contributed by atoms with Gasteiger partial charge in [0.25, 0.3) is 0 Å². The molecule has 2 rings (SSSR count). The average molecular weight is 277 g/mol. The average Bonchev–Trinajstić information content (AvgIpc) is 2.46. The number of anilines is 1. The Balaban J connectivity index is 2.19. The molecule has 0 aliphatic carbocycles. The molecule has 1 heterocycles. The van der Waals surface area contributed by atoms with Crippen molar-refractivity contribution in [3.63, 3.8) is 0 Å². The molecule has 0 saturated carbocycles. The molecular formula is C13H15N3O2S. The van der Waals surface area contributed by atoms with E-state index in [4.69, 9.17) is 0 Å². The highest BCUT2D eigenvalue weighted by molar-refractivity contribution is 7.89. The van der Waals surface area contributed by atoms with E-state index < -0.39 is 10.0 Å². The van der Waals surface area contributed by atoms with Gasteiger partial charge in [0.15, 0.2) is 0 Å². The Morgan fingerprint density at radius 1 is 1.11 bits per heavy atom. The molecule has 0 unspecified atom stereocenters. The molecule has 100 valence electrons. The summed E-state index contributed by atoms with van der Waals surface area (Å²) in [5.41, 5.74) is 1.44. The van der Waals surface area contributed by atoms with Crippen molar-refractivity contribution in [3.8, 4) is 0 Å². The van der Waals surface area contributed by atoms with Gasteiger partial charge >= 0.3 is 0 Å². The summed E-state index contributed by atoms with van der Waals surface area (Å²) in [6, 6.07) is 10.3. The van der Waals surface area contributed by atoms with E-state index in [0.29, 0.717) is 5.69 Å². The molecule has 1 aromatic carbocycles. The fourth-order valence-electron chi connectivity index (χ4n) is 1.66. The minimum atomic E-state index is -3.53. The number of sulfonamides is 1. The molecule has 0 spiro atoms. The van der Waals surface area contributed by atoms with Crippen LogP contribution in [0.4, 0.5) is 5.69 Å². The standard InChI is InChI=1S/C13H15N3O2S/c1-14-12-4-2-3-5-13(12)19(17,18)16-10-11-6-8-15-9-7-11/h2-9,14,16H,10H2,1H3. The zero-order valence-corrected chi connectivity index (χ0v) is 11.3. The Kier molecular flexibility index (Phi) is 4.13. The van der Waals surface area contributed by atoms with E-state index in [0.717, 1.165) is 5.56 Å². The summed E-state index contributed by atoms with van der Waals surface area (Å²) < 4.78 is 27.0. The first-order valence-electron chi connectivity index (χ1n) is 5.79. The van der Waals surface area contributed by atoms with Gasteiger partial charge in [-0.2, -0.15) is 0 Å². The topological polar surface area (TPSA) is 71.1 Å². The van der Waals surface area contributed by atoms with E-state index in [1.54, 1.807) is 55.8 Å². The largest absolute Gasteiger partial charge is 0.387 e. The third-order valence-electron chi connectivity index (χ3n) is 2.66. The van der Waals surface area contributed by atoms with E-state index >= 15 is 0 Å². The molecule has 19 heavy (non-hydrogen) atoms. The lowest BCUT2D eigenvalue weighted by atomic mass is 10.3. The molecule has 0 fully saturated rings. The van der Waals surface area contributed by atoms with Crippen molar-refractivity contribution < 1.29 is 8.42 Å². The Hall–Kier alpha value is -1.92. The third kappa shape index (κ3) is 3.30. The second kappa shape index (κ2) is 5.81. The molecule has 2 aromatic rings. The highest BCUT2D eigenvalue weighted by Gasteiger charge is 2.16. The molecule has 0 aliphatic rings. The van der Waals surface area contributed by atoms with Crippen LogP contribution < -0.4 is 10.0 Å². The molecule has 2 N–H and O–H groups in total. The second-order valence-electron chi connectivity index (χ2n) is 3.93. The maximum Gasteiger partial charge on any atom is 0.242 e. The number of hydrogen-bond acceptors (Lipinski definition) is 4. The third-order valence-corrected chi connectivity index (χ3v) is 4.12. The van der Waals surface area contributed by atoms with Crippen molar-refractivity contribution >= 4 is 15.7 Å². The maximum atomic E-state index is 12.2. The predicted molar refractivity (Wildman–Crippen MR) is 74.3 cm³/mol. The number of aromatic nitrogens is 1. The molecular weight excluding hydrogens is 262 g/mol. The molecule has 0 atom stereocenters. The second-order valence-corrected chi connectivity index (χ2v) is 5.66. The Morgan fingerprint density at radius 3 is 2.47 bits per heavy atom. The first kappa shape index (κ1) is 13.5. The van der Waals surface area contributed by atoms with Crippen molar-refractivity contribution in [1.82, 2.24) is 9.71 Å². The lowest BCUT2D eigenvalue weighted by Gasteiger charge is -2.10. The summed E-state index contributed by atoms with van der Waals surface area (Å²) in [4.78, 5) is 4.13. The van der Waals surface area contributed by atoms with E-state index in [-0.39, 0.29) is 11.4 Å². The first-order chi connectivity index (χ1) is 9.13. The van der Waals surface area contributed by atoms with Gasteiger partial charge in [-0.1, -0.05) is 12.1 Å². The minimum absolute atomic E-state index is 0.239. The molecule has 6 heteroatoms. The monoisotopic (exact) mass is 277 g/mol. The van der Waals surface area contributed by atoms with Crippen LogP contribution in [0.3, 0.4) is 0 Å². The summed E-state index contributed by atoms with van der Waals surface area (Å²) in [6.07, 6.45) is 3.26. The summed E-state index contributed by atoms with van der Waals surface area (Å²) in [7, 11) is -1.84. The van der Waals surface area contributed by atoms with Gasteiger partial charge in [-0.3, -0.25) is 4.98 Å². The van der Waals surface area contributed by atoms with E-state index in [2.05, 4.69) is 15.0 Å². The summed E-state index contributed by atoms with van der Waals surface area (Å²) in [5.74, 6) is 0. The molecule has 0 saturated heterocycles. The predicted octanol–water partition coefficient (Wildman–Crippen LogP) is 1.60. The number of nitrogens with zero attached hydrogens (tertiary/aromatic N) is 1. The highest BCUT2D eigenvalue weighted by atomic mass is 32.2. The van der Waals surface area contributed by atoms with Crippen molar-refractivity contribution in [2.75, 3.05) is 12.4 Å². The van der Waals surface area contributed by atoms with Crippen LogP contribution in [0.1, 0.15) is 5.56 Å². The normalized spacial score (nSPS) is 11.2. The van der Waals surface area contributed by atoms with E-state index in [1.165, 1.54) is 0 Å². The number of nitrogens with one attached hydrogen (secondary N) is 2. The van der Waals surface area contributed by atoms with Crippen LogP contribution in [-0.2, 0) is 16.6 Å². The Labute approximate surface area is 112 Å². The number of benzene rings is 1. The van der Waals surface area contributed by atoms with Gasteiger partial charge in [0.1, 0.15) is 4.90 Å². The summed E-state index contributed by atoms with van der Waals surface area (Å²) in [5, 5.41) is 2.87. The van der Waals surface area contributed by atoms with Crippen LogP contribution in [-0.4, -0.2) is 20.4 Å². The first-order valence-corrected chi connectivity index (χ1v) is 7.27. The molecule has 5 nitrogen and oxygen atoms in total. The molecule has 1 aromatic heterocycles. The van der Waals surface area contributed by atoms with Gasteiger partial charge in [-0.25, -0.2) is 13.1 Å². The lowest BCUT2D eigenvalue weighted by molar-refractivity contribution is 0.581. The van der Waals surface area contributed by atoms with Gasteiger partial charge < -0.3 is 5.32 Å². The zero-order chi connectivity index (χ0) is 13.7. The van der Waals surface area contributed by atoms with Crippen LogP contribution in [0.25, 0.3) is 0 Å². The highest BCUT2D eigenvalue weighted by Crippen LogP contribution is 2.19. The van der Waals surface area contributed by atoms with Crippen LogP contribution in [0.15, 0.2) is 53.7 Å². The van der Waals surface area contributed by atoms with Crippen molar-refractivity contribution in [3.05, 3.63) is 54.4 Å². The van der Waals surface area contributed by atoms with Gasteiger partial charge in [0.05, 0.1) is 5.69 Å². The molecule has 0 bridgehead atoms. The van der Waals surface area contributed by atoms with Crippen molar-refractivity contribution in [2.24, 2.45) is 0 Å². The van der Waals surface area contributed by atoms with Crippen molar-refractivity contribution in [1.29, 1.82) is 0 Å². The van der Waals surface area contributed by atoms with E-state index in [1.807, 2.05) is 0 Å². The fourth-order valence-corrected chi connectivity index (χ4v) is 2.89. The summed E-state index contributed by atoms with van der Waals surface area (Å²) >= 11 is 0. The number of rotatable bonds is 5. The summed E-state index contributed by atoms with van der Waals surface area (Å²) in [6.45, 7) is 0.239. The SMILES string of the molecule is CNc1ccccc1S(=O)(=O)NCc1ccncc1. The van der Waals surface area contributed by atoms with E-state index in [9.17, 15) is 8.42 Å². The van der Waals surface area contributed by atoms with Crippen LogP contribution in [0, 0.1) is 0 Å².